The molecule has 1 amide bonds. The van der Waals surface area contributed by atoms with E-state index in [1.54, 1.807) is 36.4 Å². The van der Waals surface area contributed by atoms with Gasteiger partial charge in [-0.05, 0) is 50.4 Å². The maximum atomic E-state index is 10.6. The van der Waals surface area contributed by atoms with Crippen molar-refractivity contribution in [3.63, 3.8) is 0 Å². The highest BCUT2D eigenvalue weighted by Crippen LogP contribution is 2.37. The van der Waals surface area contributed by atoms with E-state index < -0.39 is 6.09 Å². The van der Waals surface area contributed by atoms with Gasteiger partial charge in [-0.3, -0.25) is 14.9 Å². The molecule has 0 bridgehead atoms. The first-order valence-corrected chi connectivity index (χ1v) is 13.4. The van der Waals surface area contributed by atoms with Crippen molar-refractivity contribution >= 4 is 24.4 Å². The number of nitrogens with zero attached hydrogens (tertiary/aromatic N) is 2. The van der Waals surface area contributed by atoms with Gasteiger partial charge in [-0.15, -0.1) is 0 Å². The molecule has 3 aromatic carbocycles. The van der Waals surface area contributed by atoms with E-state index >= 15 is 0 Å². The van der Waals surface area contributed by atoms with Crippen LogP contribution in [0.15, 0.2) is 78.9 Å². The molecule has 7 nitrogen and oxygen atoms in total. The molecule has 2 N–H and O–H groups in total. The standard InChI is InChI=1S/C13H11NO2.C11H22N2.C8H6O2/c15-13(16)14-12-9-5-4-8-11(12)10-6-2-1-3-7-10;1-12(2)6-7-13-8-10-4-3-5-11(10)9-13;9-5-7-1-2-8(6-10)4-3-7/h1-9,14H,(H,15,16);10-11H,3-9H2,1-2H3;1-6H/t;10-,11+;. The zero-order chi connectivity index (χ0) is 28.0. The van der Waals surface area contributed by atoms with Crippen LogP contribution in [0.3, 0.4) is 0 Å². The average molecular weight is 530 g/mol. The summed E-state index contributed by atoms with van der Waals surface area (Å²) in [6, 6.07) is 23.4. The van der Waals surface area contributed by atoms with Gasteiger partial charge in [0.05, 0.1) is 5.69 Å². The number of likely N-dealkylation sites (tertiary alicyclic amines) is 1. The minimum Gasteiger partial charge on any atom is -0.465 e. The number of amides is 1. The number of para-hydroxylation sites is 1. The Morgan fingerprint density at radius 3 is 1.92 bits per heavy atom. The predicted octanol–water partition coefficient (Wildman–Crippen LogP) is 6.04. The maximum Gasteiger partial charge on any atom is 0.409 e. The van der Waals surface area contributed by atoms with Crippen LogP contribution in [-0.4, -0.2) is 73.8 Å². The molecule has 206 valence electrons. The molecule has 2 aliphatic rings. The van der Waals surface area contributed by atoms with Gasteiger partial charge >= 0.3 is 6.09 Å². The Morgan fingerprint density at radius 1 is 0.872 bits per heavy atom. The van der Waals surface area contributed by atoms with Crippen LogP contribution in [0.1, 0.15) is 40.0 Å². The van der Waals surface area contributed by atoms with Crippen LogP contribution < -0.4 is 5.32 Å². The molecule has 39 heavy (non-hydrogen) atoms. The lowest BCUT2D eigenvalue weighted by atomic mass is 10.0. The van der Waals surface area contributed by atoms with Crippen LogP contribution in [-0.2, 0) is 0 Å². The van der Waals surface area contributed by atoms with Crippen molar-refractivity contribution in [2.45, 2.75) is 19.3 Å². The summed E-state index contributed by atoms with van der Waals surface area (Å²) in [7, 11) is 4.33. The third-order valence-electron chi connectivity index (χ3n) is 7.13. The van der Waals surface area contributed by atoms with Crippen molar-refractivity contribution in [2.75, 3.05) is 45.6 Å². The molecular weight excluding hydrogens is 490 g/mol. The van der Waals surface area contributed by atoms with E-state index in [9.17, 15) is 14.4 Å². The first-order valence-electron chi connectivity index (χ1n) is 13.4. The van der Waals surface area contributed by atoms with Crippen LogP contribution in [0.4, 0.5) is 10.5 Å². The number of carbonyl (C=O) groups is 3. The third-order valence-corrected chi connectivity index (χ3v) is 7.13. The largest absolute Gasteiger partial charge is 0.465 e. The first kappa shape index (κ1) is 29.7. The summed E-state index contributed by atoms with van der Waals surface area (Å²) in [6.07, 6.45) is 4.94. The summed E-state index contributed by atoms with van der Waals surface area (Å²) in [5, 5.41) is 11.1. The lowest BCUT2D eigenvalue weighted by Gasteiger charge is -2.19. The Morgan fingerprint density at radius 2 is 1.41 bits per heavy atom. The summed E-state index contributed by atoms with van der Waals surface area (Å²) >= 11 is 0. The Labute approximate surface area is 231 Å². The van der Waals surface area contributed by atoms with Gasteiger partial charge in [0, 0.05) is 42.9 Å². The zero-order valence-corrected chi connectivity index (χ0v) is 22.8. The summed E-state index contributed by atoms with van der Waals surface area (Å²) in [5.74, 6) is 2.12. The van der Waals surface area contributed by atoms with Gasteiger partial charge < -0.3 is 14.9 Å². The molecule has 5 rings (SSSR count). The predicted molar refractivity (Wildman–Crippen MR) is 157 cm³/mol. The number of aldehydes is 2. The van der Waals surface area contributed by atoms with Crippen molar-refractivity contribution in [2.24, 2.45) is 11.8 Å². The number of hydrogen-bond donors (Lipinski definition) is 2. The molecule has 1 aliphatic carbocycles. The van der Waals surface area contributed by atoms with E-state index in [0.29, 0.717) is 16.8 Å². The number of nitrogens with one attached hydrogen (secondary N) is 1. The highest BCUT2D eigenvalue weighted by molar-refractivity contribution is 5.90. The molecule has 0 unspecified atom stereocenters. The SMILES string of the molecule is CN(C)CCN1C[C@H]2CCC[C@H]2C1.O=C(O)Nc1ccccc1-c1ccccc1.O=Cc1ccc(C=O)cc1. The lowest BCUT2D eigenvalue weighted by Crippen LogP contribution is -2.30. The quantitative estimate of drug-likeness (QED) is 0.363. The van der Waals surface area contributed by atoms with Crippen molar-refractivity contribution in [3.05, 3.63) is 90.0 Å². The van der Waals surface area contributed by atoms with Crippen LogP contribution in [0.2, 0.25) is 0 Å². The Hall–Kier alpha value is -3.81. The molecule has 3 aromatic rings. The van der Waals surface area contributed by atoms with Crippen molar-refractivity contribution in [3.8, 4) is 11.1 Å². The number of hydrogen-bond acceptors (Lipinski definition) is 5. The minimum absolute atomic E-state index is 0.589. The fourth-order valence-corrected chi connectivity index (χ4v) is 5.09. The highest BCUT2D eigenvalue weighted by Gasteiger charge is 2.35. The first-order chi connectivity index (χ1) is 18.9. The fourth-order valence-electron chi connectivity index (χ4n) is 5.09. The number of rotatable bonds is 7. The molecule has 2 atom stereocenters. The van der Waals surface area contributed by atoms with Crippen LogP contribution >= 0.6 is 0 Å². The smallest absolute Gasteiger partial charge is 0.409 e. The van der Waals surface area contributed by atoms with Gasteiger partial charge in [-0.25, -0.2) is 4.79 Å². The Kier molecular flexibility index (Phi) is 11.9. The molecule has 0 spiro atoms. The highest BCUT2D eigenvalue weighted by atomic mass is 16.4. The molecule has 1 saturated heterocycles. The molecule has 0 radical (unpaired) electrons. The molecule has 1 aliphatic heterocycles. The zero-order valence-electron chi connectivity index (χ0n) is 22.8. The topological polar surface area (TPSA) is 89.9 Å². The van der Waals surface area contributed by atoms with Crippen LogP contribution in [0.25, 0.3) is 11.1 Å². The number of likely N-dealkylation sites (N-methyl/N-ethyl adjacent to an activating group) is 1. The number of carbonyl (C=O) groups excluding carboxylic acids is 2. The van der Waals surface area contributed by atoms with Gasteiger partial charge in [0.25, 0.3) is 0 Å². The Bertz CT molecular complexity index is 1140. The van der Waals surface area contributed by atoms with Crippen molar-refractivity contribution in [1.82, 2.24) is 9.80 Å². The maximum absolute atomic E-state index is 10.6. The molecular formula is C32H39N3O4. The summed E-state index contributed by atoms with van der Waals surface area (Å²) in [5.41, 5.74) is 3.65. The van der Waals surface area contributed by atoms with Gasteiger partial charge in [0.2, 0.25) is 0 Å². The monoisotopic (exact) mass is 529 g/mol. The van der Waals surface area contributed by atoms with Crippen LogP contribution in [0, 0.1) is 11.8 Å². The van der Waals surface area contributed by atoms with E-state index in [0.717, 1.165) is 35.5 Å². The van der Waals surface area contributed by atoms with E-state index in [-0.39, 0.29) is 0 Å². The van der Waals surface area contributed by atoms with Gasteiger partial charge in [0.1, 0.15) is 12.6 Å². The Balaban J connectivity index is 0.000000166. The molecule has 7 heteroatoms. The van der Waals surface area contributed by atoms with E-state index in [1.165, 1.54) is 45.4 Å². The second-order valence-corrected chi connectivity index (χ2v) is 10.3. The van der Waals surface area contributed by atoms with Crippen LogP contribution in [0.5, 0.6) is 0 Å². The van der Waals surface area contributed by atoms with E-state index in [2.05, 4.69) is 29.2 Å². The van der Waals surface area contributed by atoms with Gasteiger partial charge in [-0.2, -0.15) is 0 Å². The fraction of sp³-hybridized carbons (Fsp3) is 0.344. The van der Waals surface area contributed by atoms with E-state index in [4.69, 9.17) is 5.11 Å². The van der Waals surface area contributed by atoms with E-state index in [1.807, 2.05) is 42.5 Å². The minimum atomic E-state index is -1.05. The second-order valence-electron chi connectivity index (χ2n) is 10.3. The summed E-state index contributed by atoms with van der Waals surface area (Å²) in [4.78, 5) is 35.8. The molecule has 1 saturated carbocycles. The molecule has 2 fully saturated rings. The third kappa shape index (κ3) is 9.78. The number of carboxylic acid groups (broad SMARTS) is 1. The molecule has 0 aromatic heterocycles. The molecule has 1 heterocycles. The van der Waals surface area contributed by atoms with Gasteiger partial charge in [0.15, 0.2) is 0 Å². The van der Waals surface area contributed by atoms with Crippen molar-refractivity contribution < 1.29 is 19.5 Å². The lowest BCUT2D eigenvalue weighted by molar-refractivity contribution is 0.111. The normalized spacial score (nSPS) is 17.7. The number of anilines is 1. The summed E-state index contributed by atoms with van der Waals surface area (Å²) in [6.45, 7) is 5.27. The summed E-state index contributed by atoms with van der Waals surface area (Å²) < 4.78 is 0. The number of fused-ring (bicyclic) bond motifs is 1. The van der Waals surface area contributed by atoms with Crippen molar-refractivity contribution in [1.29, 1.82) is 0 Å². The number of benzene rings is 3. The van der Waals surface area contributed by atoms with Gasteiger partial charge in [-0.1, -0.05) is 79.2 Å². The average Bonchev–Trinajstić information content (AvgIpc) is 3.56. The second kappa shape index (κ2) is 15.6.